The van der Waals surface area contributed by atoms with Gasteiger partial charge in [-0.1, -0.05) is 27.7 Å². The molecule has 0 amide bonds. The quantitative estimate of drug-likeness (QED) is 0.756. The van der Waals surface area contributed by atoms with Crippen molar-refractivity contribution in [2.45, 2.75) is 40.5 Å². The number of aryl methyl sites for hydroxylation is 1. The Morgan fingerprint density at radius 2 is 2.00 bits per heavy atom. The van der Waals surface area contributed by atoms with Gasteiger partial charge in [-0.3, -0.25) is 4.98 Å². The lowest BCUT2D eigenvalue weighted by molar-refractivity contribution is 0.0599. The molecule has 3 nitrogen and oxygen atoms in total. The van der Waals surface area contributed by atoms with Crippen LogP contribution >= 0.6 is 0 Å². The Kier molecular flexibility index (Phi) is 4.27. The van der Waals surface area contributed by atoms with Gasteiger partial charge in [-0.2, -0.15) is 0 Å². The lowest BCUT2D eigenvalue weighted by Crippen LogP contribution is -2.13. The first-order valence-corrected chi connectivity index (χ1v) is 5.94. The largest absolute Gasteiger partial charge is 0.465 e. The predicted octanol–water partition coefficient (Wildman–Crippen LogP) is 3.02. The zero-order valence-corrected chi connectivity index (χ0v) is 11.3. The van der Waals surface area contributed by atoms with Crippen LogP contribution in [0.2, 0.25) is 0 Å². The van der Waals surface area contributed by atoms with Crippen LogP contribution in [-0.2, 0) is 17.6 Å². The summed E-state index contributed by atoms with van der Waals surface area (Å²) in [4.78, 5) is 16.1. The number of hydrogen-bond donors (Lipinski definition) is 0. The lowest BCUT2D eigenvalue weighted by Gasteiger charge is -2.18. The average Bonchev–Trinajstić information content (AvgIpc) is 2.25. The minimum atomic E-state index is -0.309. The van der Waals surface area contributed by atoms with Gasteiger partial charge >= 0.3 is 5.97 Å². The highest BCUT2D eigenvalue weighted by Crippen LogP contribution is 2.20. The summed E-state index contributed by atoms with van der Waals surface area (Å²) in [6.07, 6.45) is 1.64. The normalized spacial score (nSPS) is 11.4. The molecule has 0 atom stereocenters. The summed E-state index contributed by atoms with van der Waals surface area (Å²) in [5, 5.41) is 0. The number of pyridine rings is 1. The monoisotopic (exact) mass is 235 g/mol. The maximum Gasteiger partial charge on any atom is 0.339 e. The Labute approximate surface area is 103 Å². The number of methoxy groups -OCH3 is 1. The van der Waals surface area contributed by atoms with Gasteiger partial charge in [0.15, 0.2) is 0 Å². The molecule has 0 radical (unpaired) electrons. The molecule has 17 heavy (non-hydrogen) atoms. The van der Waals surface area contributed by atoms with E-state index in [4.69, 9.17) is 4.74 Å². The van der Waals surface area contributed by atoms with Gasteiger partial charge in [0.25, 0.3) is 0 Å². The van der Waals surface area contributed by atoms with Crippen molar-refractivity contribution in [1.82, 2.24) is 4.98 Å². The summed E-state index contributed by atoms with van der Waals surface area (Å²) in [6.45, 7) is 8.52. The van der Waals surface area contributed by atoms with Crippen LogP contribution in [0.4, 0.5) is 0 Å². The molecule has 0 spiro atoms. The molecule has 1 rings (SSSR count). The highest BCUT2D eigenvalue weighted by atomic mass is 16.5. The highest BCUT2D eigenvalue weighted by Gasteiger charge is 2.16. The smallest absolute Gasteiger partial charge is 0.339 e. The summed E-state index contributed by atoms with van der Waals surface area (Å²) < 4.78 is 4.74. The maximum atomic E-state index is 11.5. The number of carbonyl (C=O) groups is 1. The first kappa shape index (κ1) is 13.7. The molecule has 0 bridgehead atoms. The summed E-state index contributed by atoms with van der Waals surface area (Å²) in [6, 6.07) is 3.73. The van der Waals surface area contributed by atoms with Gasteiger partial charge in [0.1, 0.15) is 0 Å². The molecule has 3 heteroatoms. The Morgan fingerprint density at radius 1 is 1.35 bits per heavy atom. The van der Waals surface area contributed by atoms with E-state index in [0.717, 1.165) is 24.2 Å². The second kappa shape index (κ2) is 5.30. The number of carbonyl (C=O) groups excluding carboxylic acids is 1. The van der Waals surface area contributed by atoms with E-state index in [0.29, 0.717) is 5.56 Å². The molecule has 0 aliphatic carbocycles. The van der Waals surface area contributed by atoms with E-state index in [1.165, 1.54) is 7.11 Å². The number of nitrogens with zero attached hydrogens (tertiary/aromatic N) is 1. The number of rotatable bonds is 3. The van der Waals surface area contributed by atoms with Gasteiger partial charge in [-0.15, -0.1) is 0 Å². The maximum absolute atomic E-state index is 11.5. The highest BCUT2D eigenvalue weighted by molar-refractivity contribution is 5.90. The van der Waals surface area contributed by atoms with Crippen molar-refractivity contribution in [3.8, 4) is 0 Å². The van der Waals surface area contributed by atoms with Crippen molar-refractivity contribution in [3.05, 3.63) is 29.1 Å². The van der Waals surface area contributed by atoms with E-state index >= 15 is 0 Å². The zero-order chi connectivity index (χ0) is 13.1. The van der Waals surface area contributed by atoms with Crippen molar-refractivity contribution < 1.29 is 9.53 Å². The standard InChI is InChI=1S/C14H21NO2/c1-6-12-11(13(16)17-5)8-7-10(15-12)9-14(2,3)4/h7-8H,6,9H2,1-5H3. The molecule has 0 saturated heterocycles. The van der Waals surface area contributed by atoms with Crippen LogP contribution in [0, 0.1) is 5.41 Å². The fourth-order valence-electron chi connectivity index (χ4n) is 1.75. The minimum Gasteiger partial charge on any atom is -0.465 e. The van der Waals surface area contributed by atoms with E-state index < -0.39 is 0 Å². The van der Waals surface area contributed by atoms with Crippen LogP contribution < -0.4 is 0 Å². The van der Waals surface area contributed by atoms with Gasteiger partial charge in [0, 0.05) is 5.69 Å². The van der Waals surface area contributed by atoms with Gasteiger partial charge < -0.3 is 4.74 Å². The molecule has 0 fully saturated rings. The predicted molar refractivity (Wildman–Crippen MR) is 68.1 cm³/mol. The third kappa shape index (κ3) is 3.84. The zero-order valence-electron chi connectivity index (χ0n) is 11.3. The fourth-order valence-corrected chi connectivity index (χ4v) is 1.75. The molecule has 1 aromatic heterocycles. The molecule has 94 valence electrons. The molecule has 0 N–H and O–H groups in total. The Bertz CT molecular complexity index is 405. The van der Waals surface area contributed by atoms with E-state index in [9.17, 15) is 4.79 Å². The van der Waals surface area contributed by atoms with Crippen molar-refractivity contribution in [2.24, 2.45) is 5.41 Å². The number of hydrogen-bond acceptors (Lipinski definition) is 3. The average molecular weight is 235 g/mol. The number of aromatic nitrogens is 1. The van der Waals surface area contributed by atoms with E-state index in [-0.39, 0.29) is 11.4 Å². The number of ether oxygens (including phenoxy) is 1. The van der Waals surface area contributed by atoms with Crippen LogP contribution in [0.15, 0.2) is 12.1 Å². The fraction of sp³-hybridized carbons (Fsp3) is 0.571. The van der Waals surface area contributed by atoms with E-state index in [1.54, 1.807) is 0 Å². The minimum absolute atomic E-state index is 0.199. The van der Waals surface area contributed by atoms with Crippen LogP contribution in [0.5, 0.6) is 0 Å². The Balaban J connectivity index is 3.04. The lowest BCUT2D eigenvalue weighted by atomic mass is 9.90. The molecule has 0 saturated carbocycles. The van der Waals surface area contributed by atoms with Crippen molar-refractivity contribution in [1.29, 1.82) is 0 Å². The van der Waals surface area contributed by atoms with Crippen molar-refractivity contribution >= 4 is 5.97 Å². The summed E-state index contributed by atoms with van der Waals surface area (Å²) in [7, 11) is 1.39. The van der Waals surface area contributed by atoms with Crippen LogP contribution in [0.25, 0.3) is 0 Å². The molecule has 1 heterocycles. The van der Waals surface area contributed by atoms with Crippen LogP contribution in [-0.4, -0.2) is 18.1 Å². The van der Waals surface area contributed by atoms with Gasteiger partial charge in [0.2, 0.25) is 0 Å². The topological polar surface area (TPSA) is 39.2 Å². The van der Waals surface area contributed by atoms with Gasteiger partial charge in [-0.25, -0.2) is 4.79 Å². The summed E-state index contributed by atoms with van der Waals surface area (Å²) >= 11 is 0. The second-order valence-electron chi connectivity index (χ2n) is 5.38. The Hall–Kier alpha value is -1.38. The molecule has 0 aliphatic rings. The molecule has 0 aromatic carbocycles. The van der Waals surface area contributed by atoms with Crippen LogP contribution in [0.3, 0.4) is 0 Å². The molecular formula is C14H21NO2. The molecule has 0 unspecified atom stereocenters. The third-order valence-electron chi connectivity index (χ3n) is 2.48. The second-order valence-corrected chi connectivity index (χ2v) is 5.38. The van der Waals surface area contributed by atoms with Crippen LogP contribution in [0.1, 0.15) is 49.4 Å². The molecular weight excluding hydrogens is 214 g/mol. The van der Waals surface area contributed by atoms with Crippen molar-refractivity contribution in [3.63, 3.8) is 0 Å². The number of esters is 1. The molecule has 0 aliphatic heterocycles. The first-order chi connectivity index (χ1) is 7.87. The van der Waals surface area contributed by atoms with E-state index in [1.807, 2.05) is 19.1 Å². The third-order valence-corrected chi connectivity index (χ3v) is 2.48. The summed E-state index contributed by atoms with van der Waals surface area (Å²) in [5.41, 5.74) is 2.62. The first-order valence-electron chi connectivity index (χ1n) is 5.94. The SMILES string of the molecule is CCc1nc(CC(C)(C)C)ccc1C(=O)OC. The van der Waals surface area contributed by atoms with Crippen molar-refractivity contribution in [2.75, 3.05) is 7.11 Å². The van der Waals surface area contributed by atoms with Gasteiger partial charge in [0.05, 0.1) is 18.4 Å². The van der Waals surface area contributed by atoms with E-state index in [2.05, 4.69) is 25.8 Å². The van der Waals surface area contributed by atoms with Gasteiger partial charge in [-0.05, 0) is 30.4 Å². The molecule has 1 aromatic rings. The summed E-state index contributed by atoms with van der Waals surface area (Å²) in [5.74, 6) is -0.309. The Morgan fingerprint density at radius 3 is 2.47 bits per heavy atom.